The molecule has 1 rings (SSSR count). The zero-order valence-electron chi connectivity index (χ0n) is 11.5. The Labute approximate surface area is 122 Å². The molecular weight excluding hydrogens is 308 g/mol. The predicted octanol–water partition coefficient (Wildman–Crippen LogP) is 3.97. The lowest BCUT2D eigenvalue weighted by Gasteiger charge is -2.24. The standard InChI is InChI=1S/C14H21BrN2O2/c1-4-9(5-2)8(3)17-13-6-10(14(18)19)12(16)7-11(13)15/h6-9,17H,4-5,16H2,1-3H3,(H,18,19). The first kappa shape index (κ1) is 15.8. The summed E-state index contributed by atoms with van der Waals surface area (Å²) in [6.45, 7) is 6.43. The van der Waals surface area contributed by atoms with Crippen LogP contribution in [0.2, 0.25) is 0 Å². The maximum absolute atomic E-state index is 11.1. The highest BCUT2D eigenvalue weighted by molar-refractivity contribution is 9.10. The van der Waals surface area contributed by atoms with E-state index in [9.17, 15) is 4.79 Å². The Bertz CT molecular complexity index is 459. The summed E-state index contributed by atoms with van der Waals surface area (Å²) in [4.78, 5) is 11.1. The summed E-state index contributed by atoms with van der Waals surface area (Å²) in [7, 11) is 0. The lowest BCUT2D eigenvalue weighted by atomic mass is 9.95. The van der Waals surface area contributed by atoms with Crippen molar-refractivity contribution >= 4 is 33.3 Å². The van der Waals surface area contributed by atoms with Gasteiger partial charge in [0, 0.05) is 21.9 Å². The van der Waals surface area contributed by atoms with Gasteiger partial charge in [-0.05, 0) is 40.9 Å². The molecule has 0 heterocycles. The molecule has 1 atom stereocenters. The van der Waals surface area contributed by atoms with Crippen molar-refractivity contribution in [2.75, 3.05) is 11.1 Å². The Morgan fingerprint density at radius 3 is 2.47 bits per heavy atom. The fourth-order valence-corrected chi connectivity index (χ4v) is 2.72. The van der Waals surface area contributed by atoms with E-state index >= 15 is 0 Å². The van der Waals surface area contributed by atoms with Gasteiger partial charge >= 0.3 is 5.97 Å². The zero-order valence-corrected chi connectivity index (χ0v) is 13.1. The molecule has 0 aromatic heterocycles. The molecule has 0 aliphatic heterocycles. The molecule has 1 aromatic rings. The van der Waals surface area contributed by atoms with Crippen molar-refractivity contribution in [3.63, 3.8) is 0 Å². The molecule has 0 saturated carbocycles. The molecule has 0 aliphatic carbocycles. The van der Waals surface area contributed by atoms with Crippen LogP contribution in [0.15, 0.2) is 16.6 Å². The molecule has 0 fully saturated rings. The first-order valence-electron chi connectivity index (χ1n) is 6.49. The Kier molecular flexibility index (Phi) is 5.66. The number of nitrogens with one attached hydrogen (secondary N) is 1. The van der Waals surface area contributed by atoms with Gasteiger partial charge in [0.1, 0.15) is 0 Å². The van der Waals surface area contributed by atoms with Gasteiger partial charge in [0.15, 0.2) is 0 Å². The Morgan fingerprint density at radius 2 is 2.00 bits per heavy atom. The number of nitrogens with two attached hydrogens (primary N) is 1. The van der Waals surface area contributed by atoms with Crippen LogP contribution in [-0.2, 0) is 0 Å². The van der Waals surface area contributed by atoms with Gasteiger partial charge in [-0.2, -0.15) is 0 Å². The quantitative estimate of drug-likeness (QED) is 0.691. The average molecular weight is 329 g/mol. The van der Waals surface area contributed by atoms with Crippen LogP contribution in [0, 0.1) is 5.92 Å². The minimum Gasteiger partial charge on any atom is -0.478 e. The highest BCUT2D eigenvalue weighted by Gasteiger charge is 2.17. The Morgan fingerprint density at radius 1 is 1.42 bits per heavy atom. The van der Waals surface area contributed by atoms with E-state index in [1.165, 1.54) is 0 Å². The second kappa shape index (κ2) is 6.80. The number of hydrogen-bond donors (Lipinski definition) is 3. The van der Waals surface area contributed by atoms with Crippen LogP contribution in [-0.4, -0.2) is 17.1 Å². The highest BCUT2D eigenvalue weighted by Crippen LogP contribution is 2.30. The van der Waals surface area contributed by atoms with Gasteiger partial charge in [-0.15, -0.1) is 0 Å². The van der Waals surface area contributed by atoms with Crippen molar-refractivity contribution in [1.82, 2.24) is 0 Å². The molecule has 19 heavy (non-hydrogen) atoms. The fraction of sp³-hybridized carbons (Fsp3) is 0.500. The van der Waals surface area contributed by atoms with Crippen LogP contribution in [0.25, 0.3) is 0 Å². The third kappa shape index (κ3) is 3.86. The van der Waals surface area contributed by atoms with E-state index in [0.29, 0.717) is 5.92 Å². The van der Waals surface area contributed by atoms with Crippen molar-refractivity contribution < 1.29 is 9.90 Å². The molecule has 4 nitrogen and oxygen atoms in total. The number of nitrogen functional groups attached to an aromatic ring is 1. The van der Waals surface area contributed by atoms with E-state index in [0.717, 1.165) is 23.0 Å². The molecule has 0 spiro atoms. The minimum atomic E-state index is -1.01. The molecule has 0 saturated heterocycles. The normalized spacial score (nSPS) is 12.5. The molecule has 106 valence electrons. The number of carbonyl (C=O) groups is 1. The first-order chi connectivity index (χ1) is 8.90. The van der Waals surface area contributed by atoms with Crippen molar-refractivity contribution in [2.24, 2.45) is 5.92 Å². The molecule has 0 amide bonds. The number of hydrogen-bond acceptors (Lipinski definition) is 3. The maximum atomic E-state index is 11.1. The second-order valence-corrected chi connectivity index (χ2v) is 5.59. The van der Waals surface area contributed by atoms with Crippen molar-refractivity contribution in [1.29, 1.82) is 0 Å². The number of aromatic carboxylic acids is 1. The number of rotatable bonds is 6. The summed E-state index contributed by atoms with van der Waals surface area (Å²) in [5.41, 5.74) is 6.86. The molecule has 5 heteroatoms. The number of halogens is 1. The third-order valence-electron chi connectivity index (χ3n) is 3.51. The monoisotopic (exact) mass is 328 g/mol. The first-order valence-corrected chi connectivity index (χ1v) is 7.28. The minimum absolute atomic E-state index is 0.127. The smallest absolute Gasteiger partial charge is 0.337 e. The van der Waals surface area contributed by atoms with Crippen molar-refractivity contribution in [2.45, 2.75) is 39.7 Å². The van der Waals surface area contributed by atoms with E-state index in [4.69, 9.17) is 10.8 Å². The SMILES string of the molecule is CCC(CC)C(C)Nc1cc(C(=O)O)c(N)cc1Br. The zero-order chi connectivity index (χ0) is 14.6. The summed E-state index contributed by atoms with van der Waals surface area (Å²) in [5, 5.41) is 12.5. The van der Waals surface area contributed by atoms with Gasteiger partial charge in [-0.25, -0.2) is 4.79 Å². The number of carboxylic acid groups (broad SMARTS) is 1. The highest BCUT2D eigenvalue weighted by atomic mass is 79.9. The molecule has 0 aliphatic rings. The van der Waals surface area contributed by atoms with E-state index in [2.05, 4.69) is 42.0 Å². The molecule has 0 radical (unpaired) electrons. The number of carboxylic acids is 1. The summed E-state index contributed by atoms with van der Waals surface area (Å²) in [6, 6.07) is 3.49. The second-order valence-electron chi connectivity index (χ2n) is 4.73. The molecule has 4 N–H and O–H groups in total. The topological polar surface area (TPSA) is 75.3 Å². The number of benzene rings is 1. The molecular formula is C14H21BrN2O2. The van der Waals surface area contributed by atoms with Crippen LogP contribution in [0.1, 0.15) is 44.0 Å². The molecule has 1 unspecified atom stereocenters. The van der Waals surface area contributed by atoms with Crippen LogP contribution in [0.5, 0.6) is 0 Å². The van der Waals surface area contributed by atoms with Gasteiger partial charge in [0.2, 0.25) is 0 Å². The number of anilines is 2. The van der Waals surface area contributed by atoms with Crippen LogP contribution in [0.3, 0.4) is 0 Å². The summed E-state index contributed by atoms with van der Waals surface area (Å²) in [6.07, 6.45) is 2.17. The van der Waals surface area contributed by atoms with Gasteiger partial charge in [0.05, 0.1) is 5.56 Å². The van der Waals surface area contributed by atoms with Gasteiger partial charge in [0.25, 0.3) is 0 Å². The Hall–Kier alpha value is -1.23. The van der Waals surface area contributed by atoms with Crippen molar-refractivity contribution in [3.05, 3.63) is 22.2 Å². The summed E-state index contributed by atoms with van der Waals surface area (Å²) >= 11 is 3.42. The third-order valence-corrected chi connectivity index (χ3v) is 4.16. The van der Waals surface area contributed by atoms with Gasteiger partial charge in [-0.1, -0.05) is 26.7 Å². The van der Waals surface area contributed by atoms with E-state index in [1.807, 2.05) is 0 Å². The fourth-order valence-electron chi connectivity index (χ4n) is 2.24. The lowest BCUT2D eigenvalue weighted by molar-refractivity contribution is 0.0698. The summed E-state index contributed by atoms with van der Waals surface area (Å²) < 4.78 is 0.785. The molecule has 0 bridgehead atoms. The van der Waals surface area contributed by atoms with E-state index in [-0.39, 0.29) is 17.3 Å². The van der Waals surface area contributed by atoms with E-state index in [1.54, 1.807) is 12.1 Å². The van der Waals surface area contributed by atoms with Crippen LogP contribution >= 0.6 is 15.9 Å². The van der Waals surface area contributed by atoms with Crippen molar-refractivity contribution in [3.8, 4) is 0 Å². The van der Waals surface area contributed by atoms with E-state index < -0.39 is 5.97 Å². The van der Waals surface area contributed by atoms with Gasteiger partial charge < -0.3 is 16.2 Å². The maximum Gasteiger partial charge on any atom is 0.337 e. The lowest BCUT2D eigenvalue weighted by Crippen LogP contribution is -2.25. The Balaban J connectivity index is 3.01. The predicted molar refractivity (Wildman–Crippen MR) is 82.7 cm³/mol. The summed E-state index contributed by atoms with van der Waals surface area (Å²) in [5.74, 6) is -0.457. The molecule has 1 aromatic carbocycles. The average Bonchev–Trinajstić information content (AvgIpc) is 2.33. The van der Waals surface area contributed by atoms with Crippen LogP contribution < -0.4 is 11.1 Å². The van der Waals surface area contributed by atoms with Gasteiger partial charge in [-0.3, -0.25) is 0 Å². The van der Waals surface area contributed by atoms with Crippen LogP contribution in [0.4, 0.5) is 11.4 Å². The largest absolute Gasteiger partial charge is 0.478 e.